The first kappa shape index (κ1) is 19.3. The summed E-state index contributed by atoms with van der Waals surface area (Å²) >= 11 is 0. The molecule has 1 heterocycles. The standard InChI is InChI=1S/C20H24N6O2/c1-14-7-6-8-18(26-20(27)25(5)22-23-26)17(14)12-28-19-10-9-16(11-15(19)2)21-13-24(3)4/h6-11,13H,12H2,1-5H3. The molecule has 0 amide bonds. The zero-order chi connectivity index (χ0) is 20.3. The number of tetrazole rings is 1. The summed E-state index contributed by atoms with van der Waals surface area (Å²) in [5, 5.41) is 7.74. The quantitative estimate of drug-likeness (QED) is 0.485. The largest absolute Gasteiger partial charge is 0.489 e. The van der Waals surface area contributed by atoms with E-state index in [1.165, 1.54) is 9.36 Å². The minimum absolute atomic E-state index is 0.300. The van der Waals surface area contributed by atoms with Crippen LogP contribution in [0.25, 0.3) is 5.69 Å². The molecule has 0 radical (unpaired) electrons. The Labute approximate surface area is 163 Å². The molecule has 146 valence electrons. The number of aliphatic imine (C=N–C) groups is 1. The second kappa shape index (κ2) is 8.08. The van der Waals surface area contributed by atoms with Crippen LogP contribution in [-0.2, 0) is 13.7 Å². The van der Waals surface area contributed by atoms with E-state index in [4.69, 9.17) is 4.74 Å². The molecule has 0 aliphatic carbocycles. The van der Waals surface area contributed by atoms with Crippen molar-refractivity contribution < 1.29 is 4.74 Å². The molecule has 0 saturated heterocycles. The van der Waals surface area contributed by atoms with Crippen molar-refractivity contribution in [2.45, 2.75) is 20.5 Å². The van der Waals surface area contributed by atoms with Gasteiger partial charge in [0, 0.05) is 26.7 Å². The monoisotopic (exact) mass is 380 g/mol. The maximum absolute atomic E-state index is 12.3. The lowest BCUT2D eigenvalue weighted by Gasteiger charge is -2.14. The molecule has 28 heavy (non-hydrogen) atoms. The Bertz CT molecular complexity index is 1060. The van der Waals surface area contributed by atoms with Crippen LogP contribution in [0.2, 0.25) is 0 Å². The Hall–Kier alpha value is -3.42. The predicted molar refractivity (Wildman–Crippen MR) is 109 cm³/mol. The first-order valence-electron chi connectivity index (χ1n) is 8.88. The molecule has 2 aromatic carbocycles. The van der Waals surface area contributed by atoms with Gasteiger partial charge >= 0.3 is 5.69 Å². The second-order valence-corrected chi connectivity index (χ2v) is 6.82. The highest BCUT2D eigenvalue weighted by Gasteiger charge is 2.14. The van der Waals surface area contributed by atoms with Crippen molar-refractivity contribution in [2.75, 3.05) is 14.1 Å². The first-order chi connectivity index (χ1) is 13.4. The minimum Gasteiger partial charge on any atom is -0.489 e. The van der Waals surface area contributed by atoms with Crippen molar-refractivity contribution in [3.8, 4) is 11.4 Å². The molecule has 8 heteroatoms. The minimum atomic E-state index is -0.300. The van der Waals surface area contributed by atoms with Crippen LogP contribution >= 0.6 is 0 Å². The van der Waals surface area contributed by atoms with Gasteiger partial charge < -0.3 is 9.64 Å². The van der Waals surface area contributed by atoms with Gasteiger partial charge in [0.25, 0.3) is 0 Å². The molecule has 3 aromatic rings. The van der Waals surface area contributed by atoms with Crippen LogP contribution in [0.3, 0.4) is 0 Å². The maximum Gasteiger partial charge on any atom is 0.368 e. The fourth-order valence-electron chi connectivity index (χ4n) is 2.75. The molecule has 0 atom stereocenters. The van der Waals surface area contributed by atoms with Gasteiger partial charge in [-0.1, -0.05) is 12.1 Å². The number of rotatable bonds is 6. The zero-order valence-corrected chi connectivity index (χ0v) is 16.7. The third kappa shape index (κ3) is 4.11. The van der Waals surface area contributed by atoms with Gasteiger partial charge in [0.05, 0.1) is 17.7 Å². The van der Waals surface area contributed by atoms with E-state index in [1.807, 2.05) is 69.2 Å². The molecule has 0 spiro atoms. The van der Waals surface area contributed by atoms with Crippen molar-refractivity contribution >= 4 is 12.0 Å². The van der Waals surface area contributed by atoms with Gasteiger partial charge in [0.1, 0.15) is 12.4 Å². The summed E-state index contributed by atoms with van der Waals surface area (Å²) < 4.78 is 8.55. The fourth-order valence-corrected chi connectivity index (χ4v) is 2.75. The summed E-state index contributed by atoms with van der Waals surface area (Å²) in [4.78, 5) is 18.5. The maximum atomic E-state index is 12.3. The van der Waals surface area contributed by atoms with Gasteiger partial charge in [-0.25, -0.2) is 9.79 Å². The van der Waals surface area contributed by atoms with Crippen molar-refractivity contribution in [2.24, 2.45) is 12.0 Å². The van der Waals surface area contributed by atoms with E-state index in [9.17, 15) is 4.79 Å². The van der Waals surface area contributed by atoms with Crippen LogP contribution in [-0.4, -0.2) is 45.1 Å². The summed E-state index contributed by atoms with van der Waals surface area (Å²) in [5.74, 6) is 0.768. The summed E-state index contributed by atoms with van der Waals surface area (Å²) in [7, 11) is 5.42. The van der Waals surface area contributed by atoms with Crippen LogP contribution in [0.4, 0.5) is 5.69 Å². The first-order valence-corrected chi connectivity index (χ1v) is 8.88. The Morgan fingerprint density at radius 1 is 1.14 bits per heavy atom. The number of ether oxygens (including phenoxy) is 1. The molecule has 0 bridgehead atoms. The smallest absolute Gasteiger partial charge is 0.368 e. The summed E-state index contributed by atoms with van der Waals surface area (Å²) in [6, 6.07) is 11.5. The summed E-state index contributed by atoms with van der Waals surface area (Å²) in [6.45, 7) is 4.28. The van der Waals surface area contributed by atoms with E-state index in [-0.39, 0.29) is 5.69 Å². The molecular formula is C20H24N6O2. The average Bonchev–Trinajstić information content (AvgIpc) is 2.99. The number of aromatic nitrogens is 4. The number of hydrogen-bond donors (Lipinski definition) is 0. The highest BCUT2D eigenvalue weighted by molar-refractivity contribution is 5.61. The molecule has 3 rings (SSSR count). The molecule has 0 aliphatic heterocycles. The number of nitrogens with zero attached hydrogens (tertiary/aromatic N) is 6. The SMILES string of the molecule is Cc1cc(N=CN(C)C)ccc1OCc1c(C)cccc1-n1nnn(C)c1=O. The molecule has 0 aliphatic rings. The van der Waals surface area contributed by atoms with E-state index in [2.05, 4.69) is 15.4 Å². The van der Waals surface area contributed by atoms with Crippen molar-refractivity contribution in [3.05, 3.63) is 63.6 Å². The third-order valence-corrected chi connectivity index (χ3v) is 4.30. The number of aryl methyl sites for hydroxylation is 3. The van der Waals surface area contributed by atoms with Gasteiger partial charge in [-0.05, 0) is 59.7 Å². The summed E-state index contributed by atoms with van der Waals surface area (Å²) in [6.07, 6.45) is 1.76. The number of benzene rings is 2. The van der Waals surface area contributed by atoms with Crippen molar-refractivity contribution in [1.29, 1.82) is 0 Å². The summed E-state index contributed by atoms with van der Waals surface area (Å²) in [5.41, 5.74) is 4.12. The molecule has 0 unspecified atom stereocenters. The molecule has 0 fully saturated rings. The molecule has 0 saturated carbocycles. The Morgan fingerprint density at radius 3 is 2.57 bits per heavy atom. The Balaban J connectivity index is 1.86. The highest BCUT2D eigenvalue weighted by Crippen LogP contribution is 2.26. The van der Waals surface area contributed by atoms with Crippen molar-refractivity contribution in [3.63, 3.8) is 0 Å². The van der Waals surface area contributed by atoms with E-state index in [0.717, 1.165) is 28.1 Å². The molecule has 1 aromatic heterocycles. The van der Waals surface area contributed by atoms with Crippen LogP contribution in [0, 0.1) is 13.8 Å². The van der Waals surface area contributed by atoms with E-state index in [0.29, 0.717) is 12.3 Å². The van der Waals surface area contributed by atoms with Gasteiger partial charge in [0.15, 0.2) is 0 Å². The van der Waals surface area contributed by atoms with Crippen LogP contribution in [0.5, 0.6) is 5.75 Å². The van der Waals surface area contributed by atoms with Crippen LogP contribution < -0.4 is 10.4 Å². The van der Waals surface area contributed by atoms with Gasteiger partial charge in [-0.15, -0.1) is 0 Å². The zero-order valence-electron chi connectivity index (χ0n) is 16.7. The van der Waals surface area contributed by atoms with Gasteiger partial charge in [-0.2, -0.15) is 9.36 Å². The van der Waals surface area contributed by atoms with Gasteiger partial charge in [0.2, 0.25) is 0 Å². The average molecular weight is 380 g/mol. The van der Waals surface area contributed by atoms with Crippen LogP contribution in [0.15, 0.2) is 46.2 Å². The molecular weight excluding hydrogens is 356 g/mol. The molecule has 0 N–H and O–H groups in total. The van der Waals surface area contributed by atoms with Crippen molar-refractivity contribution in [1.82, 2.24) is 24.7 Å². The lowest BCUT2D eigenvalue weighted by Crippen LogP contribution is -2.23. The lowest BCUT2D eigenvalue weighted by molar-refractivity contribution is 0.302. The third-order valence-electron chi connectivity index (χ3n) is 4.30. The lowest BCUT2D eigenvalue weighted by atomic mass is 10.1. The molecule has 8 nitrogen and oxygen atoms in total. The van der Waals surface area contributed by atoms with E-state index in [1.54, 1.807) is 13.4 Å². The second-order valence-electron chi connectivity index (χ2n) is 6.82. The fraction of sp³-hybridized carbons (Fsp3) is 0.300. The number of hydrogen-bond acceptors (Lipinski definition) is 5. The Morgan fingerprint density at radius 2 is 1.93 bits per heavy atom. The van der Waals surface area contributed by atoms with Crippen LogP contribution in [0.1, 0.15) is 16.7 Å². The van der Waals surface area contributed by atoms with Gasteiger partial charge in [-0.3, -0.25) is 0 Å². The highest BCUT2D eigenvalue weighted by atomic mass is 16.5. The topological polar surface area (TPSA) is 77.5 Å². The van der Waals surface area contributed by atoms with E-state index < -0.39 is 0 Å². The van der Waals surface area contributed by atoms with E-state index >= 15 is 0 Å². The Kier molecular flexibility index (Phi) is 5.58. The predicted octanol–water partition coefficient (Wildman–Crippen LogP) is 2.38. The normalized spacial score (nSPS) is 11.2.